The van der Waals surface area contributed by atoms with Crippen molar-refractivity contribution in [2.24, 2.45) is 0 Å². The van der Waals surface area contributed by atoms with Gasteiger partial charge in [0.25, 0.3) is 0 Å². The van der Waals surface area contributed by atoms with Crippen molar-refractivity contribution in [1.82, 2.24) is 4.98 Å². The summed E-state index contributed by atoms with van der Waals surface area (Å²) in [7, 11) is 3.73. The number of rotatable bonds is 4. The van der Waals surface area contributed by atoms with Crippen LogP contribution in [0.4, 0.5) is 14.5 Å². The van der Waals surface area contributed by atoms with Gasteiger partial charge in [0.05, 0.1) is 5.69 Å². The van der Waals surface area contributed by atoms with E-state index >= 15 is 0 Å². The van der Waals surface area contributed by atoms with Crippen LogP contribution in [-0.4, -0.2) is 19.1 Å². The molecule has 0 aliphatic heterocycles. The molecular formula is C17H16F2N2. The number of anilines is 1. The fourth-order valence-corrected chi connectivity index (χ4v) is 2.02. The van der Waals surface area contributed by atoms with Crippen LogP contribution in [0.2, 0.25) is 0 Å². The molecule has 0 saturated heterocycles. The molecule has 0 unspecified atom stereocenters. The maximum atomic E-state index is 14.1. The molecule has 2 nitrogen and oxygen atoms in total. The van der Waals surface area contributed by atoms with Crippen LogP contribution < -0.4 is 4.90 Å². The van der Waals surface area contributed by atoms with Gasteiger partial charge in [0.1, 0.15) is 11.6 Å². The molecule has 1 aromatic carbocycles. The van der Waals surface area contributed by atoms with Crippen LogP contribution in [0.15, 0.2) is 24.3 Å². The van der Waals surface area contributed by atoms with Crippen LogP contribution in [0.5, 0.6) is 0 Å². The highest BCUT2D eigenvalue weighted by Gasteiger charge is 2.13. The molecule has 4 heteroatoms. The van der Waals surface area contributed by atoms with Gasteiger partial charge < -0.3 is 4.90 Å². The lowest BCUT2D eigenvalue weighted by Gasteiger charge is -2.16. The van der Waals surface area contributed by atoms with E-state index in [1.165, 1.54) is 6.07 Å². The summed E-state index contributed by atoms with van der Waals surface area (Å²) in [6.07, 6.45) is 0.234. The Bertz CT molecular complexity index is 651. The molecular weight excluding hydrogens is 270 g/mol. The molecule has 0 aliphatic carbocycles. The Kier molecular flexibility index (Phi) is 4.56. The average molecular weight is 286 g/mol. The van der Waals surface area contributed by atoms with E-state index in [2.05, 4.69) is 4.98 Å². The highest BCUT2D eigenvalue weighted by Crippen LogP contribution is 2.28. The summed E-state index contributed by atoms with van der Waals surface area (Å²) in [5, 5.41) is 0. The molecule has 0 aliphatic rings. The second kappa shape index (κ2) is 6.20. The molecule has 0 saturated carbocycles. The van der Waals surface area contributed by atoms with Gasteiger partial charge >= 0.3 is 0 Å². The minimum atomic E-state index is -0.670. The van der Waals surface area contributed by atoms with Crippen LogP contribution in [0.3, 0.4) is 0 Å². The van der Waals surface area contributed by atoms with Gasteiger partial charge in [0.2, 0.25) is 0 Å². The summed E-state index contributed by atoms with van der Waals surface area (Å²) in [6, 6.07) is 5.79. The SMILES string of the molecule is [CH]Cc1cc(N(C)C)cc(-c2cc(C[CH])c(F)cc2F)n1. The van der Waals surface area contributed by atoms with Crippen molar-refractivity contribution >= 4 is 5.69 Å². The van der Waals surface area contributed by atoms with Gasteiger partial charge in [-0.15, -0.1) is 0 Å². The van der Waals surface area contributed by atoms with Gasteiger partial charge in [-0.05, 0) is 50.5 Å². The Balaban J connectivity index is 2.63. The molecule has 1 heterocycles. The zero-order valence-electron chi connectivity index (χ0n) is 12.0. The summed E-state index contributed by atoms with van der Waals surface area (Å²) in [6.45, 7) is 11.1. The van der Waals surface area contributed by atoms with E-state index in [1.54, 1.807) is 6.07 Å². The standard InChI is InChI=1S/C17H16F2N2/c1-5-11-7-14(16(19)10-15(11)18)17-9-13(21(3)4)8-12(6-2)20-17/h1-2,7-10H,5-6H2,3-4H3. The van der Waals surface area contributed by atoms with Crippen molar-refractivity contribution in [3.63, 3.8) is 0 Å². The number of halogens is 2. The maximum absolute atomic E-state index is 14.1. The quantitative estimate of drug-likeness (QED) is 0.853. The Morgan fingerprint density at radius 3 is 2.29 bits per heavy atom. The lowest BCUT2D eigenvalue weighted by Crippen LogP contribution is -2.10. The number of aromatic nitrogens is 1. The smallest absolute Gasteiger partial charge is 0.135 e. The predicted molar refractivity (Wildman–Crippen MR) is 79.9 cm³/mol. The van der Waals surface area contributed by atoms with Crippen molar-refractivity contribution in [3.05, 3.63) is 61.0 Å². The summed E-state index contributed by atoms with van der Waals surface area (Å²) in [5.41, 5.74) is 2.36. The third-order valence-corrected chi connectivity index (χ3v) is 3.22. The first-order chi connectivity index (χ1) is 9.96. The fourth-order valence-electron chi connectivity index (χ4n) is 2.02. The minimum absolute atomic E-state index is 0.00374. The molecule has 0 bridgehead atoms. The first-order valence-corrected chi connectivity index (χ1v) is 6.53. The summed E-state index contributed by atoms with van der Waals surface area (Å²) >= 11 is 0. The number of nitrogens with zero attached hydrogens (tertiary/aromatic N) is 2. The third-order valence-electron chi connectivity index (χ3n) is 3.22. The monoisotopic (exact) mass is 286 g/mol. The van der Waals surface area contributed by atoms with Gasteiger partial charge in [-0.2, -0.15) is 0 Å². The largest absolute Gasteiger partial charge is 0.378 e. The van der Waals surface area contributed by atoms with Gasteiger partial charge in [-0.25, -0.2) is 8.78 Å². The van der Waals surface area contributed by atoms with Crippen LogP contribution in [0.25, 0.3) is 11.3 Å². The molecule has 4 radical (unpaired) electrons. The molecule has 0 fully saturated rings. The van der Waals surface area contributed by atoms with Crippen molar-refractivity contribution in [1.29, 1.82) is 0 Å². The average Bonchev–Trinajstić information content (AvgIpc) is 2.46. The minimum Gasteiger partial charge on any atom is -0.378 e. The highest BCUT2D eigenvalue weighted by atomic mass is 19.1. The van der Waals surface area contributed by atoms with Crippen LogP contribution in [-0.2, 0) is 12.8 Å². The van der Waals surface area contributed by atoms with Crippen molar-refractivity contribution < 1.29 is 8.78 Å². The van der Waals surface area contributed by atoms with Crippen LogP contribution >= 0.6 is 0 Å². The second-order valence-corrected chi connectivity index (χ2v) is 4.93. The topological polar surface area (TPSA) is 16.1 Å². The molecule has 0 amide bonds. The van der Waals surface area contributed by atoms with Gasteiger partial charge in [-0.1, -0.05) is 0 Å². The van der Waals surface area contributed by atoms with E-state index in [1.807, 2.05) is 25.1 Å². The predicted octanol–water partition coefficient (Wildman–Crippen LogP) is 3.60. The lowest BCUT2D eigenvalue weighted by molar-refractivity contribution is 0.577. The summed E-state index contributed by atoms with van der Waals surface area (Å²) in [5.74, 6) is -1.32. The molecule has 108 valence electrons. The molecule has 0 spiro atoms. The van der Waals surface area contributed by atoms with Crippen molar-refractivity contribution in [2.45, 2.75) is 12.8 Å². The Labute approximate surface area is 124 Å². The van der Waals surface area contributed by atoms with E-state index in [0.29, 0.717) is 11.4 Å². The Morgan fingerprint density at radius 2 is 1.71 bits per heavy atom. The van der Waals surface area contributed by atoms with E-state index < -0.39 is 11.6 Å². The molecule has 2 rings (SSSR count). The Morgan fingerprint density at radius 1 is 1.00 bits per heavy atom. The number of hydrogen-bond acceptors (Lipinski definition) is 2. The molecule has 0 N–H and O–H groups in total. The zero-order chi connectivity index (χ0) is 15.6. The normalized spacial score (nSPS) is 10.8. The van der Waals surface area contributed by atoms with E-state index in [4.69, 9.17) is 13.8 Å². The van der Waals surface area contributed by atoms with Gasteiger partial charge in [-0.3, -0.25) is 4.98 Å². The third kappa shape index (κ3) is 3.20. The number of pyridine rings is 1. The van der Waals surface area contributed by atoms with Crippen molar-refractivity contribution in [3.8, 4) is 11.3 Å². The first-order valence-electron chi connectivity index (χ1n) is 6.53. The Hall–Kier alpha value is -1.97. The van der Waals surface area contributed by atoms with E-state index in [-0.39, 0.29) is 24.0 Å². The van der Waals surface area contributed by atoms with Crippen LogP contribution in [0.1, 0.15) is 11.3 Å². The van der Waals surface area contributed by atoms with E-state index in [9.17, 15) is 8.78 Å². The molecule has 2 aromatic rings. The number of benzene rings is 1. The fraction of sp³-hybridized carbons (Fsp3) is 0.235. The van der Waals surface area contributed by atoms with Crippen molar-refractivity contribution in [2.75, 3.05) is 19.0 Å². The first kappa shape index (κ1) is 15.4. The molecule has 1 aromatic heterocycles. The van der Waals surface area contributed by atoms with Gasteiger partial charge in [0.15, 0.2) is 0 Å². The summed E-state index contributed by atoms with van der Waals surface area (Å²) in [4.78, 5) is 6.19. The lowest BCUT2D eigenvalue weighted by atomic mass is 10.0. The molecule has 0 atom stereocenters. The molecule has 21 heavy (non-hydrogen) atoms. The second-order valence-electron chi connectivity index (χ2n) is 4.93. The van der Waals surface area contributed by atoms with Crippen LogP contribution in [0, 0.1) is 25.5 Å². The zero-order valence-corrected chi connectivity index (χ0v) is 12.0. The maximum Gasteiger partial charge on any atom is 0.135 e. The van der Waals surface area contributed by atoms with Gasteiger partial charge in [0, 0.05) is 37.1 Å². The highest BCUT2D eigenvalue weighted by molar-refractivity contribution is 5.66. The number of hydrogen-bond donors (Lipinski definition) is 0. The summed E-state index contributed by atoms with van der Waals surface area (Å²) < 4.78 is 27.6. The van der Waals surface area contributed by atoms with E-state index in [0.717, 1.165) is 11.8 Å².